The zero-order valence-electron chi connectivity index (χ0n) is 14.9. The fraction of sp³-hybridized carbons (Fsp3) is 0.688. The molecule has 8 nitrogen and oxygen atoms in total. The fourth-order valence-electron chi connectivity index (χ4n) is 2.60. The molecule has 1 fully saturated rings. The molecule has 0 aromatic heterocycles. The van der Waals surface area contributed by atoms with Crippen LogP contribution in [-0.4, -0.2) is 58.7 Å². The Morgan fingerprint density at radius 2 is 1.68 bits per heavy atom. The van der Waals surface area contributed by atoms with Gasteiger partial charge in [0.25, 0.3) is 5.78 Å². The van der Waals surface area contributed by atoms with Crippen molar-refractivity contribution in [1.29, 1.82) is 0 Å². The number of amides is 2. The highest BCUT2D eigenvalue weighted by Gasteiger charge is 2.41. The minimum absolute atomic E-state index is 0. The summed E-state index contributed by atoms with van der Waals surface area (Å²) in [6, 6.07) is -2.55. The minimum Gasteiger partial charge on any atom is -0.343 e. The normalized spacial score (nSPS) is 19.0. The predicted octanol–water partition coefficient (Wildman–Crippen LogP) is -0.229. The number of carbonyl (C=O) groups excluding carboxylic acids is 5. The van der Waals surface area contributed by atoms with Crippen LogP contribution in [-0.2, 0) is 24.0 Å². The zero-order valence-corrected chi connectivity index (χ0v) is 16.6. The average molecular weight is 420 g/mol. The summed E-state index contributed by atoms with van der Waals surface area (Å²) in [6.07, 6.45) is 0.884. The lowest BCUT2D eigenvalue weighted by molar-refractivity contribution is -0.148. The third-order valence-corrected chi connectivity index (χ3v) is 4.03. The highest BCUT2D eigenvalue weighted by molar-refractivity contribution is 8.93. The summed E-state index contributed by atoms with van der Waals surface area (Å²) < 4.78 is 0. The van der Waals surface area contributed by atoms with Crippen molar-refractivity contribution in [1.82, 2.24) is 10.2 Å². The summed E-state index contributed by atoms with van der Waals surface area (Å²) in [5.74, 6) is -3.94. The van der Waals surface area contributed by atoms with E-state index in [1.54, 1.807) is 13.8 Å². The van der Waals surface area contributed by atoms with Crippen LogP contribution in [0.4, 0.5) is 0 Å². The number of Topliss-reactive ketones (excluding diaryl/α,β-unsaturated/α-hetero) is 3. The summed E-state index contributed by atoms with van der Waals surface area (Å²) in [5, 5.41) is 2.59. The second kappa shape index (κ2) is 9.76. The Bertz CT molecular complexity index is 562. The molecule has 25 heavy (non-hydrogen) atoms. The van der Waals surface area contributed by atoms with Crippen molar-refractivity contribution >= 4 is 46.1 Å². The number of hydrogen-bond acceptors (Lipinski definition) is 6. The van der Waals surface area contributed by atoms with E-state index in [2.05, 4.69) is 5.32 Å². The number of ketones is 3. The maximum Gasteiger partial charge on any atom is 0.265 e. The number of hydrogen-bond donors (Lipinski definition) is 2. The summed E-state index contributed by atoms with van der Waals surface area (Å²) in [6.45, 7) is 6.36. The van der Waals surface area contributed by atoms with E-state index >= 15 is 0 Å². The van der Waals surface area contributed by atoms with Gasteiger partial charge in [-0.3, -0.25) is 24.0 Å². The second-order valence-corrected chi connectivity index (χ2v) is 6.46. The molecule has 9 heteroatoms. The van der Waals surface area contributed by atoms with E-state index < -0.39 is 47.3 Å². The molecule has 0 bridgehead atoms. The summed E-state index contributed by atoms with van der Waals surface area (Å²) in [4.78, 5) is 60.8. The van der Waals surface area contributed by atoms with Gasteiger partial charge in [0.2, 0.25) is 23.4 Å². The first kappa shape index (κ1) is 23.4. The van der Waals surface area contributed by atoms with Gasteiger partial charge in [-0.15, -0.1) is 17.0 Å². The SMILES string of the molecule is Br.CC(=O)C(=O)C(=O)[C@@H]1CCCN1C(=O)[C@@H](NC(=O)[C@H](C)N)C(C)C. The van der Waals surface area contributed by atoms with Crippen molar-refractivity contribution in [3.8, 4) is 0 Å². The van der Waals surface area contributed by atoms with Gasteiger partial charge in [-0.05, 0) is 25.7 Å². The van der Waals surface area contributed by atoms with Crippen molar-refractivity contribution in [3.05, 3.63) is 0 Å². The first-order chi connectivity index (χ1) is 11.1. The number of nitrogens with zero attached hydrogens (tertiary/aromatic N) is 1. The van der Waals surface area contributed by atoms with Crippen LogP contribution in [0.15, 0.2) is 0 Å². The van der Waals surface area contributed by atoms with Gasteiger partial charge in [0.15, 0.2) is 0 Å². The maximum atomic E-state index is 12.8. The molecule has 1 saturated heterocycles. The van der Waals surface area contributed by atoms with Crippen molar-refractivity contribution in [2.24, 2.45) is 11.7 Å². The third kappa shape index (κ3) is 5.71. The van der Waals surface area contributed by atoms with Crippen LogP contribution in [0.5, 0.6) is 0 Å². The number of rotatable bonds is 7. The summed E-state index contributed by atoms with van der Waals surface area (Å²) >= 11 is 0. The maximum absolute atomic E-state index is 12.8. The lowest BCUT2D eigenvalue weighted by Gasteiger charge is -2.30. The molecule has 0 aromatic carbocycles. The van der Waals surface area contributed by atoms with Crippen LogP contribution in [0, 0.1) is 5.92 Å². The Hall–Kier alpha value is -1.61. The molecule has 0 aromatic rings. The smallest absolute Gasteiger partial charge is 0.265 e. The second-order valence-electron chi connectivity index (χ2n) is 6.46. The Kier molecular flexibility index (Phi) is 9.14. The molecule has 0 aliphatic carbocycles. The van der Waals surface area contributed by atoms with Crippen molar-refractivity contribution in [3.63, 3.8) is 0 Å². The van der Waals surface area contributed by atoms with Crippen LogP contribution in [0.25, 0.3) is 0 Å². The molecule has 3 atom stereocenters. The third-order valence-electron chi connectivity index (χ3n) is 4.03. The Balaban J connectivity index is 0.00000576. The number of nitrogens with two attached hydrogens (primary N) is 1. The summed E-state index contributed by atoms with van der Waals surface area (Å²) in [7, 11) is 0. The van der Waals surface area contributed by atoms with Gasteiger partial charge < -0.3 is 16.0 Å². The van der Waals surface area contributed by atoms with Gasteiger partial charge in [-0.2, -0.15) is 0 Å². The Labute approximate surface area is 157 Å². The number of nitrogens with one attached hydrogen (secondary N) is 1. The first-order valence-corrected chi connectivity index (χ1v) is 8.03. The molecule has 1 aliphatic rings. The van der Waals surface area contributed by atoms with E-state index in [-0.39, 0.29) is 22.9 Å². The molecule has 1 heterocycles. The topological polar surface area (TPSA) is 127 Å². The van der Waals surface area contributed by atoms with Crippen LogP contribution in [0.2, 0.25) is 0 Å². The highest BCUT2D eigenvalue weighted by atomic mass is 79.9. The molecule has 1 aliphatic heterocycles. The number of carbonyl (C=O) groups is 5. The molecule has 0 spiro atoms. The van der Waals surface area contributed by atoms with Gasteiger partial charge in [-0.1, -0.05) is 13.8 Å². The predicted molar refractivity (Wildman–Crippen MR) is 96.2 cm³/mol. The molecule has 0 saturated carbocycles. The average Bonchev–Trinajstić information content (AvgIpc) is 2.98. The van der Waals surface area contributed by atoms with Crippen molar-refractivity contribution < 1.29 is 24.0 Å². The zero-order chi connectivity index (χ0) is 18.6. The highest BCUT2D eigenvalue weighted by Crippen LogP contribution is 2.21. The lowest BCUT2D eigenvalue weighted by atomic mass is 10.00. The summed E-state index contributed by atoms with van der Waals surface area (Å²) in [5.41, 5.74) is 5.51. The van der Waals surface area contributed by atoms with E-state index in [1.165, 1.54) is 11.8 Å². The van der Waals surface area contributed by atoms with Gasteiger partial charge in [0.1, 0.15) is 6.04 Å². The standard InChI is InChI=1S/C16H25N3O5.BrH/c1-8(2)12(18-15(23)9(3)17)16(24)19-7-5-6-11(19)14(22)13(21)10(4)20;/h8-9,11-12H,5-7,17H2,1-4H3,(H,18,23);1H/t9-,11-,12-;/m0./s1. The van der Waals surface area contributed by atoms with Crippen LogP contribution in [0.3, 0.4) is 0 Å². The van der Waals surface area contributed by atoms with Crippen LogP contribution < -0.4 is 11.1 Å². The van der Waals surface area contributed by atoms with Crippen LogP contribution in [0.1, 0.15) is 40.5 Å². The number of likely N-dealkylation sites (tertiary alicyclic amines) is 1. The Morgan fingerprint density at radius 3 is 2.12 bits per heavy atom. The van der Waals surface area contributed by atoms with Crippen molar-refractivity contribution in [2.45, 2.75) is 58.7 Å². The largest absolute Gasteiger partial charge is 0.343 e. The first-order valence-electron chi connectivity index (χ1n) is 8.03. The van der Waals surface area contributed by atoms with Gasteiger partial charge in [0, 0.05) is 13.5 Å². The van der Waals surface area contributed by atoms with Gasteiger partial charge in [-0.25, -0.2) is 0 Å². The quantitative estimate of drug-likeness (QED) is 0.433. The van der Waals surface area contributed by atoms with E-state index in [4.69, 9.17) is 5.73 Å². The van der Waals surface area contributed by atoms with E-state index in [9.17, 15) is 24.0 Å². The molecule has 2 amide bonds. The minimum atomic E-state index is -1.10. The van der Waals surface area contributed by atoms with E-state index in [0.717, 1.165) is 6.92 Å². The van der Waals surface area contributed by atoms with E-state index in [1.807, 2.05) is 0 Å². The Morgan fingerprint density at radius 1 is 1.12 bits per heavy atom. The molecule has 3 N–H and O–H groups in total. The molecule has 0 radical (unpaired) electrons. The van der Waals surface area contributed by atoms with E-state index in [0.29, 0.717) is 19.4 Å². The molecule has 142 valence electrons. The molecule has 0 unspecified atom stereocenters. The number of halogens is 1. The van der Waals surface area contributed by atoms with Gasteiger partial charge in [0.05, 0.1) is 12.1 Å². The monoisotopic (exact) mass is 419 g/mol. The molecular formula is C16H26BrN3O5. The van der Waals surface area contributed by atoms with Crippen molar-refractivity contribution in [2.75, 3.05) is 6.54 Å². The lowest BCUT2D eigenvalue weighted by Crippen LogP contribution is -2.56. The van der Waals surface area contributed by atoms with Crippen LogP contribution >= 0.6 is 17.0 Å². The fourth-order valence-corrected chi connectivity index (χ4v) is 2.60. The van der Waals surface area contributed by atoms with Gasteiger partial charge >= 0.3 is 0 Å². The molecule has 1 rings (SSSR count). The molecular weight excluding hydrogens is 394 g/mol.